The number of hydrogen-bond acceptors (Lipinski definition) is 5. The minimum absolute atomic E-state index is 0.0164. The third-order valence-corrected chi connectivity index (χ3v) is 9.81. The second kappa shape index (κ2) is 10.9. The maximum absolute atomic E-state index is 14.3. The van der Waals surface area contributed by atoms with Gasteiger partial charge in [0.1, 0.15) is 11.6 Å². The van der Waals surface area contributed by atoms with Crippen LogP contribution in [0.25, 0.3) is 0 Å². The van der Waals surface area contributed by atoms with Gasteiger partial charge in [-0.15, -0.1) is 10.5 Å². The summed E-state index contributed by atoms with van der Waals surface area (Å²) in [7, 11) is 3.16. The Morgan fingerprint density at radius 3 is 2.61 bits per heavy atom. The quantitative estimate of drug-likeness (QED) is 0.377. The van der Waals surface area contributed by atoms with Gasteiger partial charge in [-0.25, -0.2) is 9.18 Å². The summed E-state index contributed by atoms with van der Waals surface area (Å²) in [6.07, 6.45) is 6.40. The highest BCUT2D eigenvalue weighted by Gasteiger charge is 2.34. The van der Waals surface area contributed by atoms with Crippen molar-refractivity contribution >= 4 is 33.5 Å². The summed E-state index contributed by atoms with van der Waals surface area (Å²) in [5.74, 6) is -0.428. The van der Waals surface area contributed by atoms with Gasteiger partial charge in [0.25, 0.3) is 0 Å². The molecule has 1 saturated carbocycles. The Labute approximate surface area is 225 Å². The van der Waals surface area contributed by atoms with Crippen LogP contribution < -0.4 is 15.8 Å². The Balaban J connectivity index is 1.66. The predicted octanol–water partition coefficient (Wildman–Crippen LogP) is 5.43. The molecule has 2 heterocycles. The van der Waals surface area contributed by atoms with E-state index >= 15 is 0 Å². The molecule has 3 aliphatic rings. The first-order chi connectivity index (χ1) is 17.9. The number of halogens is 1. The van der Waals surface area contributed by atoms with Crippen LogP contribution >= 0.6 is 10.5 Å². The maximum atomic E-state index is 14.3. The molecule has 2 aliphatic heterocycles. The van der Waals surface area contributed by atoms with E-state index in [0.717, 1.165) is 36.2 Å². The van der Waals surface area contributed by atoms with E-state index in [1.54, 1.807) is 19.2 Å². The average molecular weight is 545 g/mol. The van der Waals surface area contributed by atoms with Crippen LogP contribution in [-0.4, -0.2) is 57.8 Å². The number of allylic oxidation sites excluding steroid dienone is 3. The molecule has 2 atom stereocenters. The van der Waals surface area contributed by atoms with Gasteiger partial charge < -0.3 is 20.9 Å². The number of hydrogen-bond donors (Lipinski definition) is 3. The first-order valence-electron chi connectivity index (χ1n) is 12.8. The number of benzene rings is 1. The normalized spacial score (nSPS) is 21.9. The third kappa shape index (κ3) is 5.96. The lowest BCUT2D eigenvalue weighted by molar-refractivity contribution is -0.118. The number of carboxylic acid groups (broad SMARTS) is 1. The average Bonchev–Trinajstić information content (AvgIpc) is 3.24. The lowest BCUT2D eigenvalue weighted by Crippen LogP contribution is -2.33. The summed E-state index contributed by atoms with van der Waals surface area (Å²) in [5, 5.41) is 15.1. The molecule has 1 aliphatic carbocycles. The predicted molar refractivity (Wildman–Crippen MR) is 150 cm³/mol. The number of rotatable bonds is 8. The number of nitrogens with one attached hydrogen (secondary N) is 1. The minimum atomic E-state index is -1.12. The number of primary amides is 1. The summed E-state index contributed by atoms with van der Waals surface area (Å²) >= 11 is 0. The van der Waals surface area contributed by atoms with Crippen LogP contribution in [0.15, 0.2) is 52.3 Å². The Morgan fingerprint density at radius 1 is 1.32 bits per heavy atom. The maximum Gasteiger partial charge on any atom is 0.415 e. The molecule has 8 nitrogen and oxygen atoms in total. The number of nitrogens with two attached hydrogens (primary N) is 1. The Kier molecular flexibility index (Phi) is 8.04. The molecule has 2 unspecified atom stereocenters. The highest BCUT2D eigenvalue weighted by Crippen LogP contribution is 2.48. The number of carbonyl (C=O) groups excluding carboxylic acids is 1. The van der Waals surface area contributed by atoms with Crippen molar-refractivity contribution in [3.8, 4) is 5.75 Å². The molecule has 2 amide bonds. The summed E-state index contributed by atoms with van der Waals surface area (Å²) < 4.78 is 20.6. The van der Waals surface area contributed by atoms with Gasteiger partial charge in [-0.05, 0) is 75.7 Å². The first-order valence-corrected chi connectivity index (χ1v) is 14.1. The highest BCUT2D eigenvalue weighted by molar-refractivity contribution is 8.19. The van der Waals surface area contributed by atoms with Crippen molar-refractivity contribution in [2.24, 2.45) is 11.1 Å². The molecule has 0 aromatic heterocycles. The van der Waals surface area contributed by atoms with Crippen molar-refractivity contribution in [1.82, 2.24) is 9.80 Å². The van der Waals surface area contributed by atoms with Crippen LogP contribution in [0.1, 0.15) is 52.9 Å². The van der Waals surface area contributed by atoms with Crippen LogP contribution in [-0.2, 0) is 4.79 Å². The minimum Gasteiger partial charge on any atom is -0.488 e. The van der Waals surface area contributed by atoms with Crippen molar-refractivity contribution in [3.05, 3.63) is 58.2 Å². The smallest absolute Gasteiger partial charge is 0.415 e. The molecule has 0 bridgehead atoms. The summed E-state index contributed by atoms with van der Waals surface area (Å²) in [6, 6.07) is 4.36. The lowest BCUT2D eigenvalue weighted by atomic mass is 9.76. The number of amides is 2. The zero-order valence-electron chi connectivity index (χ0n) is 22.6. The molecule has 38 heavy (non-hydrogen) atoms. The number of carbonyl (C=O) groups is 2. The lowest BCUT2D eigenvalue weighted by Gasteiger charge is -2.35. The van der Waals surface area contributed by atoms with E-state index in [4.69, 9.17) is 10.5 Å². The molecule has 10 heteroatoms. The van der Waals surface area contributed by atoms with E-state index in [0.29, 0.717) is 22.8 Å². The molecule has 1 fully saturated rings. The van der Waals surface area contributed by atoms with E-state index in [-0.39, 0.29) is 23.3 Å². The van der Waals surface area contributed by atoms with Gasteiger partial charge in [-0.1, -0.05) is 13.8 Å². The van der Waals surface area contributed by atoms with Crippen LogP contribution in [0.2, 0.25) is 0 Å². The molecule has 0 saturated heterocycles. The first kappa shape index (κ1) is 27.9. The van der Waals surface area contributed by atoms with Crippen LogP contribution in [0, 0.1) is 11.2 Å². The fraction of sp³-hybridized carbons (Fsp3) is 0.464. The summed E-state index contributed by atoms with van der Waals surface area (Å²) in [5.41, 5.74) is 8.27. The van der Waals surface area contributed by atoms with Crippen LogP contribution in [0.4, 0.5) is 14.9 Å². The Hall–Kier alpha value is -3.11. The van der Waals surface area contributed by atoms with E-state index in [2.05, 4.69) is 19.2 Å². The zero-order valence-corrected chi connectivity index (χ0v) is 23.4. The second-order valence-electron chi connectivity index (χ2n) is 11.0. The monoisotopic (exact) mass is 544 g/mol. The zero-order chi connectivity index (χ0) is 27.8. The highest BCUT2D eigenvalue weighted by atomic mass is 32.2. The molecule has 4 N–H and O–H groups in total. The van der Waals surface area contributed by atoms with E-state index in [1.807, 2.05) is 30.4 Å². The number of anilines is 1. The van der Waals surface area contributed by atoms with E-state index < -0.39 is 28.3 Å². The molecule has 1 aromatic rings. The SMILES string of the molecule is CC1=C(Nc2ccc(F)cc2OC2CCC(C)(C)CC2)C2=CC=S(C(CC(N)=O)N(C)C)C2=CN1C(=O)O. The van der Waals surface area contributed by atoms with E-state index in [9.17, 15) is 19.1 Å². The fourth-order valence-corrected chi connectivity index (χ4v) is 7.41. The fourth-order valence-electron chi connectivity index (χ4n) is 5.06. The van der Waals surface area contributed by atoms with Gasteiger partial charge >= 0.3 is 6.09 Å². The molecular formula is C28H37FN4O4S. The molecule has 206 valence electrons. The van der Waals surface area contributed by atoms with Crippen molar-refractivity contribution in [2.75, 3.05) is 19.4 Å². The standard InChI is InChI=1S/C28H37FN4O4S/c1-17-26(31-21-7-6-18(29)14-22(21)37-19-8-11-28(2,3)12-9-19)20-10-13-38(23(20)16-33(17)27(35)36)25(32(4)5)15-24(30)34/h6-7,10,13-14,16,19,25,31H,8-9,11-12,15H2,1-5H3,(H2,30,34)(H,35,36). The molecule has 4 rings (SSSR count). The van der Waals surface area contributed by atoms with Crippen molar-refractivity contribution in [3.63, 3.8) is 0 Å². The molecular weight excluding hydrogens is 507 g/mol. The third-order valence-electron chi connectivity index (χ3n) is 7.37. The Bertz CT molecular complexity index is 1260. The topological polar surface area (TPSA) is 108 Å². The van der Waals surface area contributed by atoms with Crippen LogP contribution in [0.5, 0.6) is 5.75 Å². The Morgan fingerprint density at radius 2 is 2.00 bits per heavy atom. The van der Waals surface area contributed by atoms with Gasteiger partial charge in [0.15, 0.2) is 0 Å². The van der Waals surface area contributed by atoms with Crippen LogP contribution in [0.3, 0.4) is 0 Å². The molecule has 0 radical (unpaired) electrons. The second-order valence-corrected chi connectivity index (χ2v) is 13.0. The van der Waals surface area contributed by atoms with Gasteiger partial charge in [0.05, 0.1) is 29.3 Å². The van der Waals surface area contributed by atoms with Gasteiger partial charge in [-0.2, -0.15) is 0 Å². The summed E-state index contributed by atoms with van der Waals surface area (Å²) in [6.45, 7) is 6.22. The molecule has 1 aromatic carbocycles. The molecule has 0 spiro atoms. The number of nitrogens with zero attached hydrogens (tertiary/aromatic N) is 2. The van der Waals surface area contributed by atoms with Crippen molar-refractivity contribution in [2.45, 2.75) is 64.4 Å². The van der Waals surface area contributed by atoms with E-state index in [1.165, 1.54) is 17.0 Å². The van der Waals surface area contributed by atoms with Gasteiger partial charge in [0, 0.05) is 28.4 Å². The number of fused-ring (bicyclic) bond motifs is 1. The summed E-state index contributed by atoms with van der Waals surface area (Å²) in [4.78, 5) is 27.9. The largest absolute Gasteiger partial charge is 0.488 e. The van der Waals surface area contributed by atoms with Crippen molar-refractivity contribution in [1.29, 1.82) is 0 Å². The van der Waals surface area contributed by atoms with Gasteiger partial charge in [0.2, 0.25) is 5.91 Å². The van der Waals surface area contributed by atoms with Gasteiger partial charge in [-0.3, -0.25) is 14.6 Å². The van der Waals surface area contributed by atoms with Crippen molar-refractivity contribution < 1.29 is 23.8 Å². The number of ether oxygens (including phenoxy) is 1.